The van der Waals surface area contributed by atoms with Crippen molar-refractivity contribution < 1.29 is 17.4 Å². The minimum atomic E-state index is -3.61. The molecule has 0 aliphatic carbocycles. The molecule has 210 valence electrons. The van der Waals surface area contributed by atoms with Gasteiger partial charge in [-0.2, -0.15) is 0 Å². The van der Waals surface area contributed by atoms with Gasteiger partial charge in [-0.1, -0.05) is 182 Å². The Morgan fingerprint density at radius 3 is 0.628 bits per heavy atom. The summed E-state index contributed by atoms with van der Waals surface area (Å²) in [7, 11) is -10.8. The lowest BCUT2D eigenvalue weighted by Gasteiger charge is -2.39. The van der Waals surface area contributed by atoms with Gasteiger partial charge in [0.25, 0.3) is 0 Å². The fourth-order valence-electron chi connectivity index (χ4n) is 5.69. The Morgan fingerprint density at radius 1 is 0.233 bits per heavy atom. The Kier molecular flexibility index (Phi) is 7.60. The minimum Gasteiger partial charge on any atom is -0.400 e. The molecule has 0 spiro atoms. The van der Waals surface area contributed by atoms with Crippen molar-refractivity contribution in [3.63, 3.8) is 0 Å². The summed E-state index contributed by atoms with van der Waals surface area (Å²) in [5.74, 6) is 0. The van der Waals surface area contributed by atoms with Crippen LogP contribution in [0.5, 0.6) is 0 Å². The number of hydrogen-bond acceptors (Lipinski definition) is 4. The van der Waals surface area contributed by atoms with E-state index in [4.69, 9.17) is 17.4 Å². The second-order valence-electron chi connectivity index (χ2n) is 10.4. The summed E-state index contributed by atoms with van der Waals surface area (Å²) in [4.78, 5) is 0. The van der Waals surface area contributed by atoms with Crippen LogP contribution < -0.4 is 31.1 Å². The normalized spacial score (nSPS) is 17.0. The van der Waals surface area contributed by atoms with E-state index in [1.54, 1.807) is 0 Å². The van der Waals surface area contributed by atoms with Gasteiger partial charge in [0, 0.05) is 0 Å². The first kappa shape index (κ1) is 27.6. The van der Waals surface area contributed by atoms with Crippen LogP contribution in [-0.4, -0.2) is 25.7 Å². The summed E-state index contributed by atoms with van der Waals surface area (Å²) in [5.41, 5.74) is 0. The van der Waals surface area contributed by atoms with Crippen LogP contribution >= 0.6 is 0 Å². The molecule has 0 aromatic heterocycles. The average molecular weight is 611 g/mol. The maximum absolute atomic E-state index is 7.77. The molecule has 1 saturated heterocycles. The van der Waals surface area contributed by atoms with E-state index in [9.17, 15) is 0 Å². The molecule has 6 aromatic carbocycles. The molecule has 0 unspecified atom stereocenters. The summed E-state index contributed by atoms with van der Waals surface area (Å²) in [5, 5.41) is 5.75. The van der Waals surface area contributed by atoms with Gasteiger partial charge in [-0.05, 0) is 31.1 Å². The molecule has 0 saturated carbocycles. The van der Waals surface area contributed by atoms with Crippen molar-refractivity contribution in [1.29, 1.82) is 0 Å². The van der Waals surface area contributed by atoms with E-state index in [1.165, 1.54) is 0 Å². The molecule has 1 aliphatic heterocycles. The Bertz CT molecular complexity index is 1550. The highest BCUT2D eigenvalue weighted by Crippen LogP contribution is 2.29. The molecular weight excluding hydrogens is 581 g/mol. The Morgan fingerprint density at radius 2 is 0.419 bits per heavy atom. The minimum absolute atomic E-state index is 0.944. The van der Waals surface area contributed by atoms with Crippen LogP contribution in [0, 0.1) is 0 Å². The third-order valence-electron chi connectivity index (χ3n) is 7.77. The van der Waals surface area contributed by atoms with Gasteiger partial charge in [0.05, 0.1) is 0 Å². The van der Waals surface area contributed by atoms with E-state index in [1.807, 2.05) is 84.9 Å². The second kappa shape index (κ2) is 11.8. The first-order valence-corrected chi connectivity index (χ1v) is 19.8. The Labute approximate surface area is 255 Å². The Hall–Kier alpha value is -4.19. The second-order valence-corrected chi connectivity index (χ2v) is 19.5. The third-order valence-corrected chi connectivity index (χ3v) is 19.7. The van der Waals surface area contributed by atoms with Crippen LogP contribution in [0.15, 0.2) is 182 Å². The van der Waals surface area contributed by atoms with Gasteiger partial charge < -0.3 is 8.23 Å². The van der Waals surface area contributed by atoms with E-state index in [0.717, 1.165) is 31.1 Å². The van der Waals surface area contributed by atoms with E-state index in [2.05, 4.69) is 97.1 Å². The molecule has 43 heavy (non-hydrogen) atoms. The van der Waals surface area contributed by atoms with Gasteiger partial charge in [0.1, 0.15) is 0 Å². The lowest BCUT2D eigenvalue weighted by molar-refractivity contribution is -0.135. The fraction of sp³-hybridized carbons (Fsp3) is 0. The van der Waals surface area contributed by atoms with Crippen LogP contribution in [-0.2, 0) is 17.4 Å². The largest absolute Gasteiger partial charge is 0.430 e. The summed E-state index contributed by atoms with van der Waals surface area (Å²) < 4.78 is 29.5. The molecule has 0 bridgehead atoms. The zero-order valence-corrected chi connectivity index (χ0v) is 26.5. The molecule has 7 heteroatoms. The first-order valence-electron chi connectivity index (χ1n) is 14.4. The van der Waals surface area contributed by atoms with Crippen molar-refractivity contribution in [1.82, 2.24) is 0 Å². The molecule has 0 amide bonds. The molecule has 6 aromatic rings. The zero-order valence-electron chi connectivity index (χ0n) is 23.5. The van der Waals surface area contributed by atoms with E-state index in [0.29, 0.717) is 0 Å². The smallest absolute Gasteiger partial charge is 0.400 e. The predicted molar refractivity (Wildman–Crippen MR) is 178 cm³/mol. The summed E-state index contributed by atoms with van der Waals surface area (Å²) >= 11 is 0. The number of benzene rings is 6. The van der Waals surface area contributed by atoms with Crippen LogP contribution in [0.2, 0.25) is 0 Å². The summed E-state index contributed by atoms with van der Waals surface area (Å²) in [6.07, 6.45) is 0. The molecule has 4 nitrogen and oxygen atoms in total. The highest BCUT2D eigenvalue weighted by molar-refractivity contribution is 7.10. The topological polar surface area (TPSA) is 36.9 Å². The zero-order chi connectivity index (χ0) is 29.0. The summed E-state index contributed by atoms with van der Waals surface area (Å²) in [6.45, 7) is 0. The van der Waals surface area contributed by atoms with Crippen molar-refractivity contribution >= 4 is 56.8 Å². The molecule has 1 heterocycles. The molecular formula is C36H30O4Si3. The molecule has 0 atom stereocenters. The van der Waals surface area contributed by atoms with Crippen molar-refractivity contribution in [2.45, 2.75) is 0 Å². The van der Waals surface area contributed by atoms with Crippen LogP contribution in [0.3, 0.4) is 0 Å². The predicted octanol–water partition coefficient (Wildman–Crippen LogP) is 3.75. The van der Waals surface area contributed by atoms with Gasteiger partial charge in [0.15, 0.2) is 0 Å². The molecule has 0 N–H and O–H groups in total. The highest BCUT2D eigenvalue weighted by Gasteiger charge is 2.64. The fourth-order valence-corrected chi connectivity index (χ4v) is 19.6. The number of rotatable bonds is 6. The van der Waals surface area contributed by atoms with Crippen LogP contribution in [0.1, 0.15) is 0 Å². The standard InChI is InChI=1S/C36H30O4Si3/c1-7-19-31(20-8-1)41(32-21-9-2-10-22-32)37-38-42(33-23-11-3-12-24-33,34-25-13-4-14-26-34)40-43(39-41,35-27-15-5-16-28-35)36-29-17-6-18-30-36/h1-30H. The molecule has 1 aliphatic rings. The molecule has 0 radical (unpaired) electrons. The van der Waals surface area contributed by atoms with Gasteiger partial charge in [-0.25, -0.2) is 9.15 Å². The number of hydrogen-bond donors (Lipinski definition) is 0. The van der Waals surface area contributed by atoms with Crippen molar-refractivity contribution in [3.8, 4) is 0 Å². The maximum Gasteiger partial charge on any atom is 0.430 e. The van der Waals surface area contributed by atoms with Gasteiger partial charge >= 0.3 is 25.7 Å². The van der Waals surface area contributed by atoms with Crippen molar-refractivity contribution in [3.05, 3.63) is 182 Å². The summed E-state index contributed by atoms with van der Waals surface area (Å²) in [6, 6.07) is 61.6. The molecule has 7 rings (SSSR count). The highest BCUT2D eigenvalue weighted by atomic mass is 28.5. The van der Waals surface area contributed by atoms with E-state index in [-0.39, 0.29) is 0 Å². The van der Waals surface area contributed by atoms with Gasteiger partial charge in [-0.3, -0.25) is 0 Å². The molecule has 1 fully saturated rings. The van der Waals surface area contributed by atoms with Crippen LogP contribution in [0.4, 0.5) is 0 Å². The quantitative estimate of drug-likeness (QED) is 0.213. The lowest BCUT2D eigenvalue weighted by atomic mass is 10.4. The van der Waals surface area contributed by atoms with E-state index < -0.39 is 25.7 Å². The first-order chi connectivity index (χ1) is 21.3. The van der Waals surface area contributed by atoms with E-state index >= 15 is 0 Å². The van der Waals surface area contributed by atoms with Gasteiger partial charge in [0.2, 0.25) is 0 Å². The monoisotopic (exact) mass is 610 g/mol. The van der Waals surface area contributed by atoms with Crippen molar-refractivity contribution in [2.24, 2.45) is 0 Å². The van der Waals surface area contributed by atoms with Gasteiger partial charge in [-0.15, -0.1) is 0 Å². The lowest BCUT2D eigenvalue weighted by Crippen LogP contribution is -2.76. The Balaban J connectivity index is 1.61. The maximum atomic E-state index is 7.77. The SMILES string of the molecule is c1ccc([Si]2(c3ccccc3)OO[Si](c3ccccc3)(c3ccccc3)O[Si](c3ccccc3)(c3ccccc3)O2)cc1. The van der Waals surface area contributed by atoms with Crippen molar-refractivity contribution in [2.75, 3.05) is 0 Å². The third kappa shape index (κ3) is 4.97. The van der Waals surface area contributed by atoms with Crippen LogP contribution in [0.25, 0.3) is 0 Å². The average Bonchev–Trinajstić information content (AvgIpc) is 3.28.